The van der Waals surface area contributed by atoms with Crippen molar-refractivity contribution < 1.29 is 4.39 Å². The predicted octanol–water partition coefficient (Wildman–Crippen LogP) is 4.61. The molecular formula is C16H15F. The van der Waals surface area contributed by atoms with Gasteiger partial charge in [0.25, 0.3) is 0 Å². The van der Waals surface area contributed by atoms with E-state index in [4.69, 9.17) is 0 Å². The van der Waals surface area contributed by atoms with Crippen LogP contribution < -0.4 is 0 Å². The topological polar surface area (TPSA) is 0 Å². The summed E-state index contributed by atoms with van der Waals surface area (Å²) >= 11 is 0. The molecule has 0 amide bonds. The van der Waals surface area contributed by atoms with Crippen LogP contribution in [0.1, 0.15) is 12.5 Å². The highest BCUT2D eigenvalue weighted by molar-refractivity contribution is 5.63. The van der Waals surface area contributed by atoms with Crippen LogP contribution >= 0.6 is 0 Å². The minimum absolute atomic E-state index is 0.196. The molecular weight excluding hydrogens is 211 g/mol. The quantitative estimate of drug-likeness (QED) is 0.670. The molecule has 0 N–H and O–H groups in total. The predicted molar refractivity (Wildman–Crippen MR) is 70.4 cm³/mol. The third kappa shape index (κ3) is 3.04. The molecule has 0 heterocycles. The van der Waals surface area contributed by atoms with Crippen LogP contribution in [-0.2, 0) is 6.42 Å². The van der Waals surface area contributed by atoms with E-state index in [0.29, 0.717) is 0 Å². The number of rotatable bonds is 3. The Hall–Kier alpha value is -1.89. The van der Waals surface area contributed by atoms with Crippen LogP contribution in [0.5, 0.6) is 0 Å². The van der Waals surface area contributed by atoms with Gasteiger partial charge in [-0.3, -0.25) is 0 Å². The highest BCUT2D eigenvalue weighted by Crippen LogP contribution is 2.20. The van der Waals surface area contributed by atoms with E-state index < -0.39 is 0 Å². The molecule has 0 saturated carbocycles. The standard InChI is InChI=1S/C16H15F/c1-2-3-4-13-5-7-14(8-6-13)15-9-11-16(17)12-10-15/h2-3,5-12H,4H2,1H3/b3-2-. The molecule has 0 saturated heterocycles. The Morgan fingerprint density at radius 3 is 1.94 bits per heavy atom. The molecule has 86 valence electrons. The molecule has 2 rings (SSSR count). The molecule has 2 aromatic rings. The van der Waals surface area contributed by atoms with Gasteiger partial charge in [0.1, 0.15) is 5.82 Å². The molecule has 0 atom stereocenters. The maximum absolute atomic E-state index is 12.8. The second-order valence-electron chi connectivity index (χ2n) is 3.98. The number of halogens is 1. The maximum Gasteiger partial charge on any atom is 0.123 e. The first kappa shape index (κ1) is 11.6. The van der Waals surface area contributed by atoms with Gasteiger partial charge in [0.2, 0.25) is 0 Å². The fraction of sp³-hybridized carbons (Fsp3) is 0.125. The summed E-state index contributed by atoms with van der Waals surface area (Å²) < 4.78 is 12.8. The first-order chi connectivity index (χ1) is 8.29. The van der Waals surface area contributed by atoms with Gasteiger partial charge >= 0.3 is 0 Å². The summed E-state index contributed by atoms with van der Waals surface area (Å²) in [7, 11) is 0. The fourth-order valence-electron chi connectivity index (χ4n) is 1.73. The molecule has 0 nitrogen and oxygen atoms in total. The normalized spacial score (nSPS) is 10.9. The van der Waals surface area contributed by atoms with Gasteiger partial charge < -0.3 is 0 Å². The van der Waals surface area contributed by atoms with Gasteiger partial charge in [-0.1, -0.05) is 48.6 Å². The fourth-order valence-corrected chi connectivity index (χ4v) is 1.73. The molecule has 0 aliphatic rings. The van der Waals surface area contributed by atoms with Crippen LogP contribution in [0.15, 0.2) is 60.7 Å². The van der Waals surface area contributed by atoms with Crippen LogP contribution in [0.4, 0.5) is 4.39 Å². The Labute approximate surface area is 101 Å². The summed E-state index contributed by atoms with van der Waals surface area (Å²) in [6, 6.07) is 15.0. The Bertz CT molecular complexity index is 492. The molecule has 0 unspecified atom stereocenters. The largest absolute Gasteiger partial charge is 0.207 e. The summed E-state index contributed by atoms with van der Waals surface area (Å²) in [5.74, 6) is -0.196. The van der Waals surface area contributed by atoms with Crippen LogP contribution in [0.2, 0.25) is 0 Å². The first-order valence-electron chi connectivity index (χ1n) is 5.75. The van der Waals surface area contributed by atoms with Crippen molar-refractivity contribution in [2.24, 2.45) is 0 Å². The van der Waals surface area contributed by atoms with E-state index in [1.54, 1.807) is 12.1 Å². The molecule has 17 heavy (non-hydrogen) atoms. The van der Waals surface area contributed by atoms with Gasteiger partial charge in [0.15, 0.2) is 0 Å². The van der Waals surface area contributed by atoms with Crippen molar-refractivity contribution in [3.05, 3.63) is 72.1 Å². The van der Waals surface area contributed by atoms with Crippen molar-refractivity contribution >= 4 is 0 Å². The van der Waals surface area contributed by atoms with Crippen molar-refractivity contribution in [2.75, 3.05) is 0 Å². The summed E-state index contributed by atoms with van der Waals surface area (Å²) in [5, 5.41) is 0. The van der Waals surface area contributed by atoms with Gasteiger partial charge in [0.05, 0.1) is 0 Å². The highest BCUT2D eigenvalue weighted by Gasteiger charge is 1.98. The Kier molecular flexibility index (Phi) is 3.71. The summed E-state index contributed by atoms with van der Waals surface area (Å²) in [6.07, 6.45) is 5.14. The third-order valence-electron chi connectivity index (χ3n) is 2.72. The average Bonchev–Trinajstić information content (AvgIpc) is 2.38. The van der Waals surface area contributed by atoms with Gasteiger partial charge in [-0.2, -0.15) is 0 Å². The van der Waals surface area contributed by atoms with Crippen LogP contribution in [0, 0.1) is 5.82 Å². The van der Waals surface area contributed by atoms with E-state index >= 15 is 0 Å². The number of benzene rings is 2. The zero-order valence-electron chi connectivity index (χ0n) is 9.86. The lowest BCUT2D eigenvalue weighted by Gasteiger charge is -2.03. The molecule has 0 aromatic heterocycles. The minimum atomic E-state index is -0.196. The summed E-state index contributed by atoms with van der Waals surface area (Å²) in [5.41, 5.74) is 3.45. The Morgan fingerprint density at radius 2 is 1.41 bits per heavy atom. The van der Waals surface area contributed by atoms with Gasteiger partial charge in [-0.25, -0.2) is 4.39 Å². The number of hydrogen-bond acceptors (Lipinski definition) is 0. The van der Waals surface area contributed by atoms with Crippen molar-refractivity contribution in [1.29, 1.82) is 0 Å². The second kappa shape index (κ2) is 5.44. The minimum Gasteiger partial charge on any atom is -0.207 e. The smallest absolute Gasteiger partial charge is 0.123 e. The van der Waals surface area contributed by atoms with Crippen LogP contribution in [-0.4, -0.2) is 0 Å². The summed E-state index contributed by atoms with van der Waals surface area (Å²) in [6.45, 7) is 2.02. The van der Waals surface area contributed by atoms with Crippen molar-refractivity contribution in [3.63, 3.8) is 0 Å². The number of hydrogen-bond donors (Lipinski definition) is 0. The molecule has 1 heteroatoms. The Morgan fingerprint density at radius 1 is 0.882 bits per heavy atom. The molecule has 0 radical (unpaired) electrons. The van der Waals surface area contributed by atoms with Gasteiger partial charge in [-0.15, -0.1) is 0 Å². The van der Waals surface area contributed by atoms with Gasteiger partial charge in [-0.05, 0) is 42.2 Å². The Balaban J connectivity index is 2.20. The zero-order chi connectivity index (χ0) is 12.1. The lowest BCUT2D eigenvalue weighted by Crippen LogP contribution is -1.82. The maximum atomic E-state index is 12.8. The molecule has 0 bridgehead atoms. The first-order valence-corrected chi connectivity index (χ1v) is 5.75. The monoisotopic (exact) mass is 226 g/mol. The van der Waals surface area contributed by atoms with Crippen molar-refractivity contribution in [2.45, 2.75) is 13.3 Å². The van der Waals surface area contributed by atoms with E-state index in [9.17, 15) is 4.39 Å². The highest BCUT2D eigenvalue weighted by atomic mass is 19.1. The van der Waals surface area contributed by atoms with Crippen molar-refractivity contribution in [3.8, 4) is 11.1 Å². The summed E-state index contributed by atoms with van der Waals surface area (Å²) in [4.78, 5) is 0. The van der Waals surface area contributed by atoms with Crippen LogP contribution in [0.25, 0.3) is 11.1 Å². The zero-order valence-corrected chi connectivity index (χ0v) is 9.86. The second-order valence-corrected chi connectivity index (χ2v) is 3.98. The van der Waals surface area contributed by atoms with Crippen LogP contribution in [0.3, 0.4) is 0 Å². The molecule has 0 aliphatic carbocycles. The van der Waals surface area contributed by atoms with E-state index in [1.165, 1.54) is 17.7 Å². The van der Waals surface area contributed by atoms with E-state index in [2.05, 4.69) is 30.3 Å². The van der Waals surface area contributed by atoms with E-state index in [1.807, 2.05) is 13.0 Å². The SMILES string of the molecule is C/C=C\Cc1ccc(-c2ccc(F)cc2)cc1. The average molecular weight is 226 g/mol. The number of allylic oxidation sites excluding steroid dienone is 2. The molecule has 2 aromatic carbocycles. The molecule has 0 aliphatic heterocycles. The van der Waals surface area contributed by atoms with E-state index in [0.717, 1.165) is 17.5 Å². The van der Waals surface area contributed by atoms with E-state index in [-0.39, 0.29) is 5.82 Å². The molecule has 0 spiro atoms. The lowest BCUT2D eigenvalue weighted by atomic mass is 10.0. The lowest BCUT2D eigenvalue weighted by molar-refractivity contribution is 0.628. The van der Waals surface area contributed by atoms with Gasteiger partial charge in [0, 0.05) is 0 Å². The third-order valence-corrected chi connectivity index (χ3v) is 2.72. The molecule has 0 fully saturated rings. The van der Waals surface area contributed by atoms with Crippen molar-refractivity contribution in [1.82, 2.24) is 0 Å².